The second kappa shape index (κ2) is 6.73. The van der Waals surface area contributed by atoms with Gasteiger partial charge < -0.3 is 5.11 Å². The number of pyridine rings is 1. The van der Waals surface area contributed by atoms with Gasteiger partial charge in [-0.1, -0.05) is 60.7 Å². The Bertz CT molecular complexity index is 983. The number of aromatic nitrogens is 1. The normalized spacial score (nSPS) is 10.3. The van der Waals surface area contributed by atoms with Crippen LogP contribution >= 0.6 is 12.4 Å². The third kappa shape index (κ3) is 2.97. The van der Waals surface area contributed by atoms with Crippen molar-refractivity contribution in [3.8, 4) is 28.1 Å². The van der Waals surface area contributed by atoms with E-state index < -0.39 is 0 Å². The first kappa shape index (κ1) is 16.0. The van der Waals surface area contributed by atoms with Crippen LogP contribution < -0.4 is 0 Å². The Kier molecular flexibility index (Phi) is 4.50. The molecule has 3 heteroatoms. The second-order valence-corrected chi connectivity index (χ2v) is 5.49. The highest BCUT2D eigenvalue weighted by Crippen LogP contribution is 2.32. The maximum absolute atomic E-state index is 9.75. The zero-order valence-corrected chi connectivity index (χ0v) is 13.7. The molecule has 0 unspecified atom stereocenters. The van der Waals surface area contributed by atoms with Crippen molar-refractivity contribution in [2.75, 3.05) is 0 Å². The Morgan fingerprint density at radius 2 is 1.38 bits per heavy atom. The summed E-state index contributed by atoms with van der Waals surface area (Å²) in [7, 11) is 0. The molecular formula is C21H16ClNO. The van der Waals surface area contributed by atoms with E-state index in [-0.39, 0.29) is 18.2 Å². The lowest BCUT2D eigenvalue weighted by Crippen LogP contribution is -1.89. The van der Waals surface area contributed by atoms with Crippen molar-refractivity contribution in [1.29, 1.82) is 0 Å². The predicted molar refractivity (Wildman–Crippen MR) is 102 cm³/mol. The van der Waals surface area contributed by atoms with Crippen molar-refractivity contribution in [3.05, 3.63) is 84.9 Å². The molecule has 0 atom stereocenters. The molecular weight excluding hydrogens is 318 g/mol. The minimum atomic E-state index is 0. The lowest BCUT2D eigenvalue weighted by molar-refractivity contribution is 0.475. The van der Waals surface area contributed by atoms with Gasteiger partial charge in [-0.3, -0.25) is 0 Å². The predicted octanol–water partition coefficient (Wildman–Crippen LogP) is 5.70. The third-order valence-corrected chi connectivity index (χ3v) is 3.94. The molecule has 0 radical (unpaired) electrons. The van der Waals surface area contributed by atoms with E-state index in [2.05, 4.69) is 24.3 Å². The van der Waals surface area contributed by atoms with Gasteiger partial charge in [0.1, 0.15) is 5.75 Å². The Labute approximate surface area is 146 Å². The smallest absolute Gasteiger partial charge is 0.116 e. The molecule has 0 aliphatic rings. The SMILES string of the molecule is Cl.Oc1cccc(-c2cc(-c3ccccc3)c3ccccc3n2)c1. The number of benzene rings is 3. The molecule has 0 fully saturated rings. The number of fused-ring (bicyclic) bond motifs is 1. The minimum absolute atomic E-state index is 0. The number of rotatable bonds is 2. The summed E-state index contributed by atoms with van der Waals surface area (Å²) in [5.74, 6) is 0.249. The number of aromatic hydroxyl groups is 1. The number of nitrogens with zero attached hydrogens (tertiary/aromatic N) is 1. The maximum atomic E-state index is 9.75. The van der Waals surface area contributed by atoms with Crippen LogP contribution in [0.15, 0.2) is 84.9 Å². The highest BCUT2D eigenvalue weighted by atomic mass is 35.5. The quantitative estimate of drug-likeness (QED) is 0.510. The molecule has 4 aromatic rings. The van der Waals surface area contributed by atoms with Crippen LogP contribution in [0.2, 0.25) is 0 Å². The van der Waals surface area contributed by atoms with Gasteiger partial charge in [0.05, 0.1) is 11.2 Å². The Morgan fingerprint density at radius 1 is 0.667 bits per heavy atom. The monoisotopic (exact) mass is 333 g/mol. The fourth-order valence-corrected chi connectivity index (χ4v) is 2.85. The van der Waals surface area contributed by atoms with Crippen LogP contribution in [-0.4, -0.2) is 10.1 Å². The molecule has 0 aliphatic heterocycles. The number of hydrogen-bond donors (Lipinski definition) is 1. The molecule has 1 heterocycles. The summed E-state index contributed by atoms with van der Waals surface area (Å²) in [4.78, 5) is 4.76. The molecule has 1 aromatic heterocycles. The van der Waals surface area contributed by atoms with Gasteiger partial charge >= 0.3 is 0 Å². The standard InChI is InChI=1S/C21H15NO.ClH/c23-17-10-6-9-16(13-17)21-14-19(15-7-2-1-3-8-15)18-11-4-5-12-20(18)22-21;/h1-14,23H;1H. The van der Waals surface area contributed by atoms with Gasteiger partial charge in [-0.25, -0.2) is 4.98 Å². The average Bonchev–Trinajstić information content (AvgIpc) is 2.61. The van der Waals surface area contributed by atoms with Gasteiger partial charge in [-0.05, 0) is 35.4 Å². The van der Waals surface area contributed by atoms with Gasteiger partial charge in [0, 0.05) is 10.9 Å². The number of phenols is 1. The fraction of sp³-hybridized carbons (Fsp3) is 0. The van der Waals surface area contributed by atoms with E-state index in [1.165, 1.54) is 0 Å². The van der Waals surface area contributed by atoms with Crippen LogP contribution in [0.3, 0.4) is 0 Å². The van der Waals surface area contributed by atoms with Crippen molar-refractivity contribution in [2.24, 2.45) is 0 Å². The van der Waals surface area contributed by atoms with Gasteiger partial charge in [-0.15, -0.1) is 12.4 Å². The molecule has 0 amide bonds. The second-order valence-electron chi connectivity index (χ2n) is 5.49. The summed E-state index contributed by atoms with van der Waals surface area (Å²) in [6, 6.07) is 27.8. The molecule has 0 saturated carbocycles. The molecule has 2 nitrogen and oxygen atoms in total. The molecule has 4 rings (SSSR count). The Balaban J connectivity index is 0.00000169. The van der Waals surface area contributed by atoms with Crippen LogP contribution in [0, 0.1) is 0 Å². The minimum Gasteiger partial charge on any atom is -0.508 e. The number of halogens is 1. The number of hydrogen-bond acceptors (Lipinski definition) is 2. The molecule has 118 valence electrons. The Hall–Kier alpha value is -2.84. The fourth-order valence-electron chi connectivity index (χ4n) is 2.85. The molecule has 0 bridgehead atoms. The summed E-state index contributed by atoms with van der Waals surface area (Å²) in [5.41, 5.74) is 5.03. The summed E-state index contributed by atoms with van der Waals surface area (Å²) in [6.07, 6.45) is 0. The average molecular weight is 334 g/mol. The van der Waals surface area contributed by atoms with E-state index in [1.54, 1.807) is 12.1 Å². The molecule has 0 saturated heterocycles. The zero-order valence-electron chi connectivity index (χ0n) is 12.9. The topological polar surface area (TPSA) is 33.1 Å². The summed E-state index contributed by atoms with van der Waals surface area (Å²) in [5, 5.41) is 10.9. The van der Waals surface area contributed by atoms with E-state index in [9.17, 15) is 5.11 Å². The van der Waals surface area contributed by atoms with Crippen LogP contribution in [0.1, 0.15) is 0 Å². The Morgan fingerprint density at radius 3 is 2.17 bits per heavy atom. The van der Waals surface area contributed by atoms with Crippen LogP contribution in [-0.2, 0) is 0 Å². The van der Waals surface area contributed by atoms with Crippen molar-refractivity contribution in [3.63, 3.8) is 0 Å². The van der Waals surface area contributed by atoms with Gasteiger partial charge in [0.2, 0.25) is 0 Å². The largest absolute Gasteiger partial charge is 0.508 e. The summed E-state index contributed by atoms with van der Waals surface area (Å²) >= 11 is 0. The van der Waals surface area contributed by atoms with E-state index in [0.29, 0.717) is 0 Å². The van der Waals surface area contributed by atoms with Crippen LogP contribution in [0.5, 0.6) is 5.75 Å². The van der Waals surface area contributed by atoms with Crippen molar-refractivity contribution < 1.29 is 5.11 Å². The first-order valence-corrected chi connectivity index (χ1v) is 7.56. The van der Waals surface area contributed by atoms with Crippen LogP contribution in [0.25, 0.3) is 33.3 Å². The number of phenolic OH excluding ortho intramolecular Hbond substituents is 1. The molecule has 24 heavy (non-hydrogen) atoms. The van der Waals surface area contributed by atoms with E-state index >= 15 is 0 Å². The van der Waals surface area contributed by atoms with Crippen molar-refractivity contribution in [1.82, 2.24) is 4.98 Å². The van der Waals surface area contributed by atoms with Crippen LogP contribution in [0.4, 0.5) is 0 Å². The van der Waals surface area contributed by atoms with Gasteiger partial charge in [0.15, 0.2) is 0 Å². The maximum Gasteiger partial charge on any atom is 0.116 e. The first-order chi connectivity index (χ1) is 11.3. The molecule has 0 spiro atoms. The third-order valence-electron chi connectivity index (χ3n) is 3.94. The highest BCUT2D eigenvalue weighted by molar-refractivity contribution is 5.96. The lowest BCUT2D eigenvalue weighted by atomic mass is 9.98. The van der Waals surface area contributed by atoms with E-state index in [4.69, 9.17) is 4.98 Å². The highest BCUT2D eigenvalue weighted by Gasteiger charge is 2.09. The van der Waals surface area contributed by atoms with E-state index in [0.717, 1.165) is 33.3 Å². The van der Waals surface area contributed by atoms with Crippen molar-refractivity contribution in [2.45, 2.75) is 0 Å². The molecule has 1 N–H and O–H groups in total. The first-order valence-electron chi connectivity index (χ1n) is 7.56. The van der Waals surface area contributed by atoms with Gasteiger partial charge in [-0.2, -0.15) is 0 Å². The van der Waals surface area contributed by atoms with Crippen molar-refractivity contribution >= 4 is 23.3 Å². The molecule has 0 aliphatic carbocycles. The summed E-state index contributed by atoms with van der Waals surface area (Å²) < 4.78 is 0. The number of para-hydroxylation sites is 1. The molecule has 3 aromatic carbocycles. The lowest BCUT2D eigenvalue weighted by Gasteiger charge is -2.10. The van der Waals surface area contributed by atoms with E-state index in [1.807, 2.05) is 48.5 Å². The van der Waals surface area contributed by atoms with Gasteiger partial charge in [0.25, 0.3) is 0 Å². The zero-order chi connectivity index (χ0) is 15.6. The summed E-state index contributed by atoms with van der Waals surface area (Å²) in [6.45, 7) is 0.